The van der Waals surface area contributed by atoms with Gasteiger partial charge in [0, 0.05) is 0 Å². The van der Waals surface area contributed by atoms with Crippen LogP contribution in [-0.4, -0.2) is 17.6 Å². The number of rotatable bonds is 3. The van der Waals surface area contributed by atoms with Gasteiger partial charge in [0.2, 0.25) is 0 Å². The van der Waals surface area contributed by atoms with E-state index in [1.807, 2.05) is 0 Å². The average Bonchev–Trinajstić information content (AvgIpc) is 2.15. The summed E-state index contributed by atoms with van der Waals surface area (Å²) < 4.78 is 0. The molecule has 0 bridgehead atoms. The lowest BCUT2D eigenvalue weighted by Crippen LogP contribution is -2.01. The van der Waals surface area contributed by atoms with Crippen molar-refractivity contribution in [3.8, 4) is 12.3 Å². The summed E-state index contributed by atoms with van der Waals surface area (Å²) in [4.78, 5) is 10.6. The Balaban J connectivity index is 2.91. The smallest absolute Gasteiger partial charge is 0.335 e. The van der Waals surface area contributed by atoms with Crippen LogP contribution in [-0.2, 0) is 0 Å². The molecule has 72 valence electrons. The minimum Gasteiger partial charge on any atom is -0.478 e. The van der Waals surface area contributed by atoms with Gasteiger partial charge >= 0.3 is 5.97 Å². The maximum atomic E-state index is 10.6. The van der Waals surface area contributed by atoms with Gasteiger partial charge in [0.05, 0.1) is 22.8 Å². The van der Waals surface area contributed by atoms with Crippen molar-refractivity contribution in [2.75, 3.05) is 11.9 Å². The fourth-order valence-corrected chi connectivity index (χ4v) is 1.19. The fraction of sp³-hybridized carbons (Fsp3) is 0.100. The van der Waals surface area contributed by atoms with Gasteiger partial charge in [-0.3, -0.25) is 0 Å². The van der Waals surface area contributed by atoms with Crippen LogP contribution in [0, 0.1) is 12.3 Å². The van der Waals surface area contributed by atoms with Gasteiger partial charge in [-0.1, -0.05) is 17.5 Å². The second kappa shape index (κ2) is 4.54. The van der Waals surface area contributed by atoms with Crippen molar-refractivity contribution >= 4 is 23.3 Å². The van der Waals surface area contributed by atoms with Crippen LogP contribution in [0.1, 0.15) is 10.4 Å². The van der Waals surface area contributed by atoms with Crippen molar-refractivity contribution < 1.29 is 9.90 Å². The Morgan fingerprint density at radius 2 is 2.36 bits per heavy atom. The van der Waals surface area contributed by atoms with Crippen LogP contribution in [0.3, 0.4) is 0 Å². The summed E-state index contributed by atoms with van der Waals surface area (Å²) in [6, 6.07) is 4.43. The van der Waals surface area contributed by atoms with Crippen molar-refractivity contribution in [3.05, 3.63) is 28.8 Å². The second-order valence-electron chi connectivity index (χ2n) is 2.56. The number of carboxylic acids is 1. The molecular weight excluding hydrogens is 202 g/mol. The van der Waals surface area contributed by atoms with E-state index in [1.54, 1.807) is 6.07 Å². The van der Waals surface area contributed by atoms with Gasteiger partial charge in [-0.25, -0.2) is 4.79 Å². The molecule has 0 saturated heterocycles. The maximum Gasteiger partial charge on any atom is 0.335 e. The van der Waals surface area contributed by atoms with E-state index in [9.17, 15) is 4.79 Å². The highest BCUT2D eigenvalue weighted by molar-refractivity contribution is 6.33. The Kier molecular flexibility index (Phi) is 3.38. The zero-order chi connectivity index (χ0) is 10.6. The zero-order valence-corrected chi connectivity index (χ0v) is 8.01. The second-order valence-corrected chi connectivity index (χ2v) is 2.96. The molecule has 0 spiro atoms. The van der Waals surface area contributed by atoms with Crippen molar-refractivity contribution in [1.29, 1.82) is 0 Å². The van der Waals surface area contributed by atoms with Crippen molar-refractivity contribution in [1.82, 2.24) is 0 Å². The summed E-state index contributed by atoms with van der Waals surface area (Å²) in [6.07, 6.45) is 5.05. The third-order valence-corrected chi connectivity index (χ3v) is 1.91. The van der Waals surface area contributed by atoms with Gasteiger partial charge in [0.1, 0.15) is 0 Å². The number of hydrogen-bond donors (Lipinski definition) is 2. The van der Waals surface area contributed by atoms with Crippen LogP contribution >= 0.6 is 11.6 Å². The monoisotopic (exact) mass is 209 g/mol. The molecule has 4 heteroatoms. The Labute approximate surface area is 86.7 Å². The number of aromatic carboxylic acids is 1. The van der Waals surface area contributed by atoms with Crippen LogP contribution in [0.25, 0.3) is 0 Å². The Bertz CT molecular complexity index is 396. The molecule has 0 aromatic heterocycles. The van der Waals surface area contributed by atoms with Gasteiger partial charge in [-0.15, -0.1) is 6.42 Å². The zero-order valence-electron chi connectivity index (χ0n) is 7.25. The molecule has 0 fully saturated rings. The van der Waals surface area contributed by atoms with E-state index in [-0.39, 0.29) is 5.56 Å². The standard InChI is InChI=1S/C10H8ClNO2/c1-2-5-12-9-4-3-7(10(13)14)6-8(9)11/h1,3-4,6,12H,5H2,(H,13,14). The number of halogens is 1. The molecule has 1 rings (SSSR count). The van der Waals surface area contributed by atoms with E-state index >= 15 is 0 Å². The number of anilines is 1. The summed E-state index contributed by atoms with van der Waals surface area (Å²) in [5.74, 6) is 1.39. The maximum absolute atomic E-state index is 10.6. The normalized spacial score (nSPS) is 9.14. The van der Waals surface area contributed by atoms with Gasteiger partial charge in [-0.2, -0.15) is 0 Å². The molecule has 0 amide bonds. The largest absolute Gasteiger partial charge is 0.478 e. The third kappa shape index (κ3) is 2.41. The van der Waals surface area contributed by atoms with Crippen LogP contribution < -0.4 is 5.32 Å². The highest BCUT2D eigenvalue weighted by Crippen LogP contribution is 2.22. The summed E-state index contributed by atoms with van der Waals surface area (Å²) in [5.41, 5.74) is 0.788. The molecule has 0 saturated carbocycles. The number of nitrogens with one attached hydrogen (secondary N) is 1. The number of benzene rings is 1. The molecular formula is C10H8ClNO2. The molecule has 0 heterocycles. The van der Waals surface area contributed by atoms with Crippen LogP contribution in [0.4, 0.5) is 5.69 Å². The topological polar surface area (TPSA) is 49.3 Å². The van der Waals surface area contributed by atoms with E-state index in [2.05, 4.69) is 11.2 Å². The van der Waals surface area contributed by atoms with E-state index in [4.69, 9.17) is 23.1 Å². The van der Waals surface area contributed by atoms with Gasteiger partial charge in [-0.05, 0) is 18.2 Å². The number of terminal acetylenes is 1. The summed E-state index contributed by atoms with van der Waals surface area (Å²) in [7, 11) is 0. The van der Waals surface area contributed by atoms with Gasteiger partial charge in [0.15, 0.2) is 0 Å². The van der Waals surface area contributed by atoms with Crippen LogP contribution in [0.2, 0.25) is 5.02 Å². The Morgan fingerprint density at radius 1 is 1.64 bits per heavy atom. The average molecular weight is 210 g/mol. The summed E-state index contributed by atoms with van der Waals surface area (Å²) in [5, 5.41) is 11.9. The first kappa shape index (κ1) is 10.4. The molecule has 1 aromatic carbocycles. The molecule has 1 aromatic rings. The first-order chi connectivity index (χ1) is 6.65. The van der Waals surface area contributed by atoms with Gasteiger partial charge < -0.3 is 10.4 Å². The molecule has 0 unspecified atom stereocenters. The highest BCUT2D eigenvalue weighted by Gasteiger charge is 2.05. The fourth-order valence-electron chi connectivity index (χ4n) is 0.938. The number of carbonyl (C=O) groups is 1. The van der Waals surface area contributed by atoms with Crippen molar-refractivity contribution in [2.45, 2.75) is 0 Å². The van der Waals surface area contributed by atoms with Crippen molar-refractivity contribution in [3.63, 3.8) is 0 Å². The van der Waals surface area contributed by atoms with E-state index < -0.39 is 5.97 Å². The lowest BCUT2D eigenvalue weighted by molar-refractivity contribution is 0.0697. The molecule has 0 aliphatic heterocycles. The van der Waals surface area contributed by atoms with Gasteiger partial charge in [0.25, 0.3) is 0 Å². The summed E-state index contributed by atoms with van der Waals surface area (Å²) in [6.45, 7) is 0.353. The molecule has 2 N–H and O–H groups in total. The SMILES string of the molecule is C#CCNc1ccc(C(=O)O)cc1Cl. The highest BCUT2D eigenvalue weighted by atomic mass is 35.5. The quantitative estimate of drug-likeness (QED) is 0.750. The molecule has 0 aliphatic carbocycles. The lowest BCUT2D eigenvalue weighted by Gasteiger charge is -2.05. The minimum atomic E-state index is -1.00. The van der Waals surface area contributed by atoms with E-state index in [0.29, 0.717) is 17.3 Å². The molecule has 0 aliphatic rings. The van der Waals surface area contributed by atoms with Crippen molar-refractivity contribution in [2.24, 2.45) is 0 Å². The van der Waals surface area contributed by atoms with E-state index in [0.717, 1.165) is 0 Å². The first-order valence-corrected chi connectivity index (χ1v) is 4.23. The predicted molar refractivity (Wildman–Crippen MR) is 55.7 cm³/mol. The summed E-state index contributed by atoms with van der Waals surface area (Å²) >= 11 is 5.81. The van der Waals surface area contributed by atoms with E-state index in [1.165, 1.54) is 12.1 Å². The van der Waals surface area contributed by atoms with Crippen LogP contribution in [0.5, 0.6) is 0 Å². The molecule has 0 atom stereocenters. The Morgan fingerprint density at radius 3 is 2.86 bits per heavy atom. The molecule has 14 heavy (non-hydrogen) atoms. The lowest BCUT2D eigenvalue weighted by atomic mass is 10.2. The first-order valence-electron chi connectivity index (χ1n) is 3.85. The predicted octanol–water partition coefficient (Wildman–Crippen LogP) is 2.08. The number of hydrogen-bond acceptors (Lipinski definition) is 2. The number of carboxylic acid groups (broad SMARTS) is 1. The van der Waals surface area contributed by atoms with Crippen LogP contribution in [0.15, 0.2) is 18.2 Å². The Hall–Kier alpha value is -1.66. The molecule has 3 nitrogen and oxygen atoms in total. The third-order valence-electron chi connectivity index (χ3n) is 1.60. The minimum absolute atomic E-state index is 0.154. The molecule has 0 radical (unpaired) electrons.